The Bertz CT molecular complexity index is 462. The van der Waals surface area contributed by atoms with Gasteiger partial charge in [-0.25, -0.2) is 0 Å². The molecule has 17 heavy (non-hydrogen) atoms. The highest BCUT2D eigenvalue weighted by atomic mass is 16.5. The number of ether oxygens (including phenoxy) is 1. The number of benzene rings is 1. The SMILES string of the molecule is CCOC(=O)Cc1cc(CO)c(C#N)cc1O. The number of rotatable bonds is 4. The molecule has 0 aromatic heterocycles. The van der Waals surface area contributed by atoms with Gasteiger partial charge in [-0.1, -0.05) is 0 Å². The van der Waals surface area contributed by atoms with Crippen molar-refractivity contribution >= 4 is 5.97 Å². The molecule has 0 heterocycles. The fourth-order valence-corrected chi connectivity index (χ4v) is 1.43. The molecular weight excluding hydrogens is 222 g/mol. The van der Waals surface area contributed by atoms with Gasteiger partial charge in [0.15, 0.2) is 0 Å². The third-order valence-electron chi connectivity index (χ3n) is 2.24. The number of hydrogen-bond acceptors (Lipinski definition) is 5. The number of aliphatic hydroxyl groups is 1. The average Bonchev–Trinajstić information content (AvgIpc) is 2.31. The maximum atomic E-state index is 11.3. The fourth-order valence-electron chi connectivity index (χ4n) is 1.43. The van der Waals surface area contributed by atoms with Crippen molar-refractivity contribution < 1.29 is 19.7 Å². The first-order chi connectivity index (χ1) is 8.12. The molecule has 0 saturated heterocycles. The molecule has 0 amide bonds. The van der Waals surface area contributed by atoms with Gasteiger partial charge in [0.1, 0.15) is 5.75 Å². The van der Waals surface area contributed by atoms with E-state index in [2.05, 4.69) is 0 Å². The molecule has 0 saturated carbocycles. The molecule has 0 radical (unpaired) electrons. The second-order valence-corrected chi connectivity index (χ2v) is 3.39. The normalized spacial score (nSPS) is 9.71. The van der Waals surface area contributed by atoms with Crippen molar-refractivity contribution in [2.75, 3.05) is 6.61 Å². The number of aromatic hydroxyl groups is 1. The number of aliphatic hydroxyl groups excluding tert-OH is 1. The number of hydrogen-bond donors (Lipinski definition) is 2. The second kappa shape index (κ2) is 5.87. The van der Waals surface area contributed by atoms with Gasteiger partial charge in [0.2, 0.25) is 0 Å². The molecule has 0 aliphatic carbocycles. The molecule has 0 fully saturated rings. The number of nitrogens with zero attached hydrogens (tertiary/aromatic N) is 1. The van der Waals surface area contributed by atoms with Crippen LogP contribution in [0, 0.1) is 11.3 Å². The van der Waals surface area contributed by atoms with Gasteiger partial charge < -0.3 is 14.9 Å². The van der Waals surface area contributed by atoms with Gasteiger partial charge in [0.25, 0.3) is 0 Å². The summed E-state index contributed by atoms with van der Waals surface area (Å²) < 4.78 is 4.75. The van der Waals surface area contributed by atoms with E-state index in [4.69, 9.17) is 15.1 Å². The number of esters is 1. The van der Waals surface area contributed by atoms with E-state index >= 15 is 0 Å². The molecule has 5 nitrogen and oxygen atoms in total. The van der Waals surface area contributed by atoms with Gasteiger partial charge in [0, 0.05) is 5.56 Å². The van der Waals surface area contributed by atoms with Crippen molar-refractivity contribution in [3.05, 3.63) is 28.8 Å². The van der Waals surface area contributed by atoms with Crippen LogP contribution in [0.5, 0.6) is 5.75 Å². The summed E-state index contributed by atoms with van der Waals surface area (Å²) >= 11 is 0. The Labute approximate surface area is 98.9 Å². The summed E-state index contributed by atoms with van der Waals surface area (Å²) in [4.78, 5) is 11.3. The Morgan fingerprint density at radius 3 is 2.71 bits per heavy atom. The van der Waals surface area contributed by atoms with Crippen LogP contribution in [0.2, 0.25) is 0 Å². The lowest BCUT2D eigenvalue weighted by atomic mass is 10.0. The third-order valence-corrected chi connectivity index (χ3v) is 2.24. The Balaban J connectivity index is 3.01. The quantitative estimate of drug-likeness (QED) is 0.755. The summed E-state index contributed by atoms with van der Waals surface area (Å²) in [6.45, 7) is 1.64. The topological polar surface area (TPSA) is 90.5 Å². The molecule has 0 bridgehead atoms. The van der Waals surface area contributed by atoms with Crippen LogP contribution in [0.3, 0.4) is 0 Å². The van der Waals surface area contributed by atoms with Crippen molar-refractivity contribution in [2.24, 2.45) is 0 Å². The van der Waals surface area contributed by atoms with E-state index < -0.39 is 5.97 Å². The second-order valence-electron chi connectivity index (χ2n) is 3.39. The Kier molecular flexibility index (Phi) is 4.49. The molecule has 0 atom stereocenters. The average molecular weight is 235 g/mol. The zero-order chi connectivity index (χ0) is 12.8. The van der Waals surface area contributed by atoms with Gasteiger partial charge in [-0.2, -0.15) is 5.26 Å². The van der Waals surface area contributed by atoms with Crippen LogP contribution in [0.4, 0.5) is 0 Å². The maximum Gasteiger partial charge on any atom is 0.310 e. The molecular formula is C12H13NO4. The van der Waals surface area contributed by atoms with E-state index in [0.29, 0.717) is 11.1 Å². The van der Waals surface area contributed by atoms with E-state index in [1.54, 1.807) is 6.92 Å². The summed E-state index contributed by atoms with van der Waals surface area (Å²) in [7, 11) is 0. The monoisotopic (exact) mass is 235 g/mol. The highest BCUT2D eigenvalue weighted by Gasteiger charge is 2.12. The number of phenols is 1. The van der Waals surface area contributed by atoms with E-state index in [-0.39, 0.29) is 30.9 Å². The fraction of sp³-hybridized carbons (Fsp3) is 0.333. The number of carbonyl (C=O) groups is 1. The lowest BCUT2D eigenvalue weighted by Crippen LogP contribution is -2.08. The van der Waals surface area contributed by atoms with Gasteiger partial charge in [-0.15, -0.1) is 0 Å². The van der Waals surface area contributed by atoms with Gasteiger partial charge in [-0.05, 0) is 24.6 Å². The minimum atomic E-state index is -0.462. The van der Waals surface area contributed by atoms with Crippen molar-refractivity contribution in [1.82, 2.24) is 0 Å². The third kappa shape index (κ3) is 3.20. The highest BCUT2D eigenvalue weighted by molar-refractivity contribution is 5.74. The minimum absolute atomic E-state index is 0.0849. The van der Waals surface area contributed by atoms with Gasteiger partial charge in [0.05, 0.1) is 31.3 Å². The summed E-state index contributed by atoms with van der Waals surface area (Å²) in [5.74, 6) is -0.608. The molecule has 5 heteroatoms. The zero-order valence-corrected chi connectivity index (χ0v) is 9.43. The van der Waals surface area contributed by atoms with Crippen molar-refractivity contribution in [1.29, 1.82) is 5.26 Å². The molecule has 2 N–H and O–H groups in total. The van der Waals surface area contributed by atoms with Crippen LogP contribution in [0.25, 0.3) is 0 Å². The van der Waals surface area contributed by atoms with E-state index in [0.717, 1.165) is 0 Å². The summed E-state index contributed by atoms with van der Waals surface area (Å²) in [5, 5.41) is 27.4. The van der Waals surface area contributed by atoms with Crippen LogP contribution >= 0.6 is 0 Å². The number of phenolic OH excluding ortho intramolecular Hbond substituents is 1. The van der Waals surface area contributed by atoms with Crippen LogP contribution in [-0.4, -0.2) is 22.8 Å². The first kappa shape index (κ1) is 13.0. The van der Waals surface area contributed by atoms with E-state index in [9.17, 15) is 9.90 Å². The first-order valence-electron chi connectivity index (χ1n) is 5.13. The maximum absolute atomic E-state index is 11.3. The van der Waals surface area contributed by atoms with Gasteiger partial charge >= 0.3 is 5.97 Å². The Morgan fingerprint density at radius 2 is 2.18 bits per heavy atom. The Morgan fingerprint density at radius 1 is 1.47 bits per heavy atom. The van der Waals surface area contributed by atoms with Crippen molar-refractivity contribution in [3.8, 4) is 11.8 Å². The smallest absolute Gasteiger partial charge is 0.310 e. The summed E-state index contributed by atoms with van der Waals surface area (Å²) in [6, 6.07) is 4.53. The van der Waals surface area contributed by atoms with Gasteiger partial charge in [-0.3, -0.25) is 4.79 Å². The highest BCUT2D eigenvalue weighted by Crippen LogP contribution is 2.23. The molecule has 0 unspecified atom stereocenters. The molecule has 1 aromatic carbocycles. The summed E-state index contributed by atoms with van der Waals surface area (Å²) in [5.41, 5.74) is 0.911. The lowest BCUT2D eigenvalue weighted by Gasteiger charge is -2.08. The molecule has 90 valence electrons. The first-order valence-corrected chi connectivity index (χ1v) is 5.13. The Hall–Kier alpha value is -2.06. The van der Waals surface area contributed by atoms with E-state index in [1.165, 1.54) is 12.1 Å². The molecule has 0 aliphatic heterocycles. The lowest BCUT2D eigenvalue weighted by molar-refractivity contribution is -0.142. The summed E-state index contributed by atoms with van der Waals surface area (Å²) in [6.07, 6.45) is -0.0849. The van der Waals surface area contributed by atoms with Crippen molar-refractivity contribution in [3.63, 3.8) is 0 Å². The van der Waals surface area contributed by atoms with Crippen LogP contribution in [0.15, 0.2) is 12.1 Å². The minimum Gasteiger partial charge on any atom is -0.508 e. The van der Waals surface area contributed by atoms with E-state index in [1.807, 2.05) is 6.07 Å². The predicted octanol–water partition coefficient (Wildman–Crippen LogP) is 0.862. The standard InChI is InChI=1S/C12H13NO4/c1-2-17-12(16)5-8-3-10(7-14)9(6-13)4-11(8)15/h3-4,14-15H,2,5,7H2,1H3. The predicted molar refractivity (Wildman–Crippen MR) is 59.1 cm³/mol. The molecule has 0 aliphatic rings. The number of carbonyl (C=O) groups excluding carboxylic acids is 1. The molecule has 1 aromatic rings. The number of nitriles is 1. The van der Waals surface area contributed by atoms with Crippen LogP contribution < -0.4 is 0 Å². The largest absolute Gasteiger partial charge is 0.508 e. The molecule has 1 rings (SSSR count). The van der Waals surface area contributed by atoms with Crippen LogP contribution in [0.1, 0.15) is 23.6 Å². The molecule has 0 spiro atoms. The van der Waals surface area contributed by atoms with Crippen LogP contribution in [-0.2, 0) is 22.6 Å². The zero-order valence-electron chi connectivity index (χ0n) is 9.43. The van der Waals surface area contributed by atoms with Crippen molar-refractivity contribution in [2.45, 2.75) is 20.0 Å².